The zero-order chi connectivity index (χ0) is 16.6. The van der Waals surface area contributed by atoms with Crippen LogP contribution >= 0.6 is 34.5 Å². The number of hydrogen-bond acceptors (Lipinski definition) is 5. The van der Waals surface area contributed by atoms with E-state index in [4.69, 9.17) is 27.6 Å². The molecule has 0 radical (unpaired) electrons. The second-order valence-electron chi connectivity index (χ2n) is 4.92. The summed E-state index contributed by atoms with van der Waals surface area (Å²) in [6.07, 6.45) is 0. The minimum atomic E-state index is -0.313. The lowest BCUT2D eigenvalue weighted by molar-refractivity contribution is 0.102. The van der Waals surface area contributed by atoms with Crippen LogP contribution in [-0.4, -0.2) is 16.1 Å². The number of carbonyl (C=O) groups is 1. The number of aryl methyl sites for hydroxylation is 2. The number of rotatable bonds is 3. The minimum Gasteiger partial charge on any atom is -0.403 e. The summed E-state index contributed by atoms with van der Waals surface area (Å²) in [5.74, 6) is -0.110. The number of hydrogen-bond donors (Lipinski definition) is 1. The van der Waals surface area contributed by atoms with Crippen LogP contribution in [0.3, 0.4) is 0 Å². The van der Waals surface area contributed by atoms with Crippen molar-refractivity contribution in [2.45, 2.75) is 13.8 Å². The Morgan fingerprint density at radius 3 is 2.65 bits per heavy atom. The fraction of sp³-hybridized carbons (Fsp3) is 0.133. The largest absolute Gasteiger partial charge is 0.403 e. The van der Waals surface area contributed by atoms with Gasteiger partial charge in [-0.2, -0.15) is 0 Å². The van der Waals surface area contributed by atoms with Gasteiger partial charge in [0.15, 0.2) is 0 Å². The summed E-state index contributed by atoms with van der Waals surface area (Å²) in [6, 6.07) is 7.20. The Morgan fingerprint density at radius 1 is 1.22 bits per heavy atom. The van der Waals surface area contributed by atoms with Gasteiger partial charge in [-0.1, -0.05) is 46.0 Å². The maximum atomic E-state index is 12.3. The predicted octanol–water partition coefficient (Wildman–Crippen LogP) is 4.97. The molecule has 0 saturated heterocycles. The highest BCUT2D eigenvalue weighted by Gasteiger charge is 2.17. The van der Waals surface area contributed by atoms with Crippen LogP contribution in [0.1, 0.15) is 21.5 Å². The number of amides is 1. The Morgan fingerprint density at radius 2 is 2.00 bits per heavy atom. The number of thiophene rings is 1. The molecule has 8 heteroatoms. The zero-order valence-electron chi connectivity index (χ0n) is 12.2. The van der Waals surface area contributed by atoms with Crippen molar-refractivity contribution in [2.24, 2.45) is 0 Å². The molecule has 118 valence electrons. The normalized spacial score (nSPS) is 10.8. The molecule has 0 fully saturated rings. The van der Waals surface area contributed by atoms with Crippen molar-refractivity contribution in [3.05, 3.63) is 49.6 Å². The number of nitrogens with one attached hydrogen (secondary N) is 1. The molecule has 3 rings (SSSR count). The molecule has 3 aromatic rings. The van der Waals surface area contributed by atoms with E-state index >= 15 is 0 Å². The van der Waals surface area contributed by atoms with Gasteiger partial charge >= 0.3 is 6.01 Å². The van der Waals surface area contributed by atoms with E-state index in [1.54, 1.807) is 12.1 Å². The van der Waals surface area contributed by atoms with Crippen LogP contribution in [0, 0.1) is 13.8 Å². The lowest BCUT2D eigenvalue weighted by Gasteiger charge is -2.05. The Bertz CT molecular complexity index is 889. The molecule has 0 unspecified atom stereocenters. The molecule has 0 aliphatic carbocycles. The fourth-order valence-electron chi connectivity index (χ4n) is 2.10. The van der Waals surface area contributed by atoms with Gasteiger partial charge in [0, 0.05) is 5.56 Å². The van der Waals surface area contributed by atoms with E-state index in [0.717, 1.165) is 11.1 Å². The van der Waals surface area contributed by atoms with Crippen LogP contribution in [0.5, 0.6) is 0 Å². The molecule has 0 saturated carbocycles. The molecular formula is C15H11Cl2N3O2S. The molecule has 0 atom stereocenters. The molecule has 1 amide bonds. The topological polar surface area (TPSA) is 68.0 Å². The SMILES string of the molecule is Cc1ccc(C(=O)Nc2nnc(-c3cc(Cl)sc3Cl)o2)c(C)c1. The average molecular weight is 368 g/mol. The molecule has 2 heterocycles. The highest BCUT2D eigenvalue weighted by molar-refractivity contribution is 7.20. The van der Waals surface area contributed by atoms with E-state index in [2.05, 4.69) is 15.5 Å². The van der Waals surface area contributed by atoms with Gasteiger partial charge in [0.05, 0.1) is 9.90 Å². The first-order valence-electron chi connectivity index (χ1n) is 6.61. The Labute approximate surface area is 146 Å². The predicted molar refractivity (Wildman–Crippen MR) is 91.5 cm³/mol. The van der Waals surface area contributed by atoms with Gasteiger partial charge in [0.1, 0.15) is 4.34 Å². The Kier molecular flexibility index (Phi) is 4.39. The Balaban J connectivity index is 1.81. The van der Waals surface area contributed by atoms with Crippen LogP contribution in [0.2, 0.25) is 8.67 Å². The van der Waals surface area contributed by atoms with E-state index < -0.39 is 0 Å². The van der Waals surface area contributed by atoms with E-state index in [1.807, 2.05) is 26.0 Å². The maximum absolute atomic E-state index is 12.3. The number of halogens is 2. The number of benzene rings is 1. The summed E-state index contributed by atoms with van der Waals surface area (Å²) >= 11 is 13.1. The lowest BCUT2D eigenvalue weighted by atomic mass is 10.1. The summed E-state index contributed by atoms with van der Waals surface area (Å²) in [7, 11) is 0. The molecule has 2 aromatic heterocycles. The van der Waals surface area contributed by atoms with Gasteiger partial charge in [0.25, 0.3) is 11.8 Å². The lowest BCUT2D eigenvalue weighted by Crippen LogP contribution is -2.13. The monoisotopic (exact) mass is 367 g/mol. The van der Waals surface area contributed by atoms with Gasteiger partial charge in [-0.15, -0.1) is 16.4 Å². The fourth-order valence-corrected chi connectivity index (χ4v) is 3.55. The van der Waals surface area contributed by atoms with Crippen molar-refractivity contribution in [1.29, 1.82) is 0 Å². The third-order valence-electron chi connectivity index (χ3n) is 3.16. The van der Waals surface area contributed by atoms with Crippen LogP contribution < -0.4 is 5.32 Å². The van der Waals surface area contributed by atoms with Gasteiger partial charge in [-0.25, -0.2) is 0 Å². The summed E-state index contributed by atoms with van der Waals surface area (Å²) < 4.78 is 6.40. The minimum absolute atomic E-state index is 0.00311. The van der Waals surface area contributed by atoms with Gasteiger partial charge < -0.3 is 4.42 Å². The second kappa shape index (κ2) is 6.31. The van der Waals surface area contributed by atoms with Crippen LogP contribution in [0.25, 0.3) is 11.5 Å². The number of aromatic nitrogens is 2. The molecule has 0 bridgehead atoms. The van der Waals surface area contributed by atoms with Crippen molar-refractivity contribution in [3.8, 4) is 11.5 Å². The summed E-state index contributed by atoms with van der Waals surface area (Å²) in [5.41, 5.74) is 3.05. The van der Waals surface area contributed by atoms with E-state index in [0.29, 0.717) is 19.8 Å². The van der Waals surface area contributed by atoms with Crippen molar-refractivity contribution in [3.63, 3.8) is 0 Å². The first-order chi connectivity index (χ1) is 10.9. The molecular weight excluding hydrogens is 357 g/mol. The van der Waals surface area contributed by atoms with Gasteiger partial charge in [-0.3, -0.25) is 10.1 Å². The van der Waals surface area contributed by atoms with Crippen LogP contribution in [0.4, 0.5) is 6.01 Å². The van der Waals surface area contributed by atoms with Crippen molar-refractivity contribution in [2.75, 3.05) is 5.32 Å². The smallest absolute Gasteiger partial charge is 0.322 e. The first-order valence-corrected chi connectivity index (χ1v) is 8.18. The molecule has 23 heavy (non-hydrogen) atoms. The summed E-state index contributed by atoms with van der Waals surface area (Å²) in [4.78, 5) is 12.3. The third-order valence-corrected chi connectivity index (χ3v) is 4.65. The molecule has 5 nitrogen and oxygen atoms in total. The highest BCUT2D eigenvalue weighted by Crippen LogP contribution is 2.37. The Hall–Kier alpha value is -1.89. The van der Waals surface area contributed by atoms with Crippen LogP contribution in [0.15, 0.2) is 28.7 Å². The van der Waals surface area contributed by atoms with Crippen molar-refractivity contribution >= 4 is 46.5 Å². The number of carbonyl (C=O) groups excluding carboxylic acids is 1. The molecule has 0 aliphatic rings. The van der Waals surface area contributed by atoms with Gasteiger partial charge in [-0.05, 0) is 31.5 Å². The summed E-state index contributed by atoms with van der Waals surface area (Å²) in [5, 5.41) is 10.3. The second-order valence-corrected chi connectivity index (χ2v) is 7.21. The molecule has 1 N–H and O–H groups in total. The molecule has 0 aliphatic heterocycles. The zero-order valence-corrected chi connectivity index (χ0v) is 14.5. The molecule has 1 aromatic carbocycles. The highest BCUT2D eigenvalue weighted by atomic mass is 35.5. The first kappa shape index (κ1) is 16.0. The van der Waals surface area contributed by atoms with E-state index in [9.17, 15) is 4.79 Å². The van der Waals surface area contributed by atoms with Crippen LogP contribution in [-0.2, 0) is 0 Å². The number of nitrogens with zero attached hydrogens (tertiary/aromatic N) is 2. The quantitative estimate of drug-likeness (QED) is 0.708. The van der Waals surface area contributed by atoms with Crippen molar-refractivity contribution < 1.29 is 9.21 Å². The van der Waals surface area contributed by atoms with Gasteiger partial charge in [0.2, 0.25) is 0 Å². The standard InChI is InChI=1S/C15H11Cl2N3O2S/c1-7-3-4-9(8(2)5-7)13(21)18-15-20-19-14(22-15)10-6-11(16)23-12(10)17/h3-6H,1-2H3,(H,18,20,21). The third kappa shape index (κ3) is 3.39. The number of anilines is 1. The molecule has 0 spiro atoms. The van der Waals surface area contributed by atoms with E-state index in [-0.39, 0.29) is 17.8 Å². The summed E-state index contributed by atoms with van der Waals surface area (Å²) in [6.45, 7) is 3.84. The van der Waals surface area contributed by atoms with E-state index in [1.165, 1.54) is 11.3 Å². The average Bonchev–Trinajstić information content (AvgIpc) is 3.05. The van der Waals surface area contributed by atoms with Crippen molar-refractivity contribution in [1.82, 2.24) is 10.2 Å². The maximum Gasteiger partial charge on any atom is 0.322 e.